The van der Waals surface area contributed by atoms with Crippen LogP contribution in [0.1, 0.15) is 31.7 Å². The molecule has 2 heterocycles. The van der Waals surface area contributed by atoms with Gasteiger partial charge in [0, 0.05) is 31.6 Å². The Kier molecular flexibility index (Phi) is 4.51. The molecule has 1 aromatic heterocycles. The maximum atomic E-state index is 12.5. The molecule has 4 heteroatoms. The van der Waals surface area contributed by atoms with E-state index in [1.807, 2.05) is 42.2 Å². The zero-order chi connectivity index (χ0) is 16.4. The maximum absolute atomic E-state index is 12.5. The molecule has 23 heavy (non-hydrogen) atoms. The van der Waals surface area contributed by atoms with E-state index >= 15 is 0 Å². The number of hydrogen-bond donors (Lipinski definition) is 0. The van der Waals surface area contributed by atoms with Crippen LogP contribution in [0, 0.1) is 12.8 Å². The molecule has 1 saturated heterocycles. The second-order valence-electron chi connectivity index (χ2n) is 6.68. The molecule has 1 amide bonds. The average molecular weight is 312 g/mol. The topological polar surface area (TPSA) is 42.3 Å². The first-order chi connectivity index (χ1) is 11.1. The molecule has 1 fully saturated rings. The van der Waals surface area contributed by atoms with Gasteiger partial charge in [0.05, 0.1) is 5.52 Å². The fourth-order valence-electron chi connectivity index (χ4n) is 3.48. The highest BCUT2D eigenvalue weighted by atomic mass is 16.2. The Morgan fingerprint density at radius 3 is 2.87 bits per heavy atom. The number of hydrogen-bond acceptors (Lipinski definition) is 2. The molecule has 0 spiro atoms. The van der Waals surface area contributed by atoms with Crippen molar-refractivity contribution in [3.8, 4) is 0 Å². The van der Waals surface area contributed by atoms with Gasteiger partial charge in [-0.25, -0.2) is 0 Å². The van der Waals surface area contributed by atoms with E-state index in [0.29, 0.717) is 18.9 Å². The molecule has 122 valence electrons. The van der Waals surface area contributed by atoms with E-state index in [9.17, 15) is 9.59 Å². The SMILES string of the molecule is Cc1cc2ccccc2n(CCC(=O)N2CCCC(C)C2)c1=O. The van der Waals surface area contributed by atoms with Gasteiger partial charge in [-0.2, -0.15) is 0 Å². The number of aryl methyl sites for hydroxylation is 2. The lowest BCUT2D eigenvalue weighted by molar-refractivity contribution is -0.133. The Morgan fingerprint density at radius 2 is 2.09 bits per heavy atom. The highest BCUT2D eigenvalue weighted by Crippen LogP contribution is 2.17. The van der Waals surface area contributed by atoms with Crippen LogP contribution in [0.5, 0.6) is 0 Å². The first kappa shape index (κ1) is 15.8. The predicted molar refractivity (Wildman–Crippen MR) is 92.5 cm³/mol. The van der Waals surface area contributed by atoms with Crippen LogP contribution < -0.4 is 5.56 Å². The zero-order valence-electron chi connectivity index (χ0n) is 13.9. The minimum Gasteiger partial charge on any atom is -0.342 e. The lowest BCUT2D eigenvalue weighted by Gasteiger charge is -2.31. The number of fused-ring (bicyclic) bond motifs is 1. The first-order valence-corrected chi connectivity index (χ1v) is 8.43. The number of pyridine rings is 1. The third kappa shape index (κ3) is 3.31. The lowest BCUT2D eigenvalue weighted by atomic mass is 10.00. The number of rotatable bonds is 3. The monoisotopic (exact) mass is 312 g/mol. The van der Waals surface area contributed by atoms with Crippen molar-refractivity contribution in [2.24, 2.45) is 5.92 Å². The Hall–Kier alpha value is -2.10. The van der Waals surface area contributed by atoms with E-state index in [2.05, 4.69) is 6.92 Å². The van der Waals surface area contributed by atoms with Crippen LogP contribution in [0.3, 0.4) is 0 Å². The summed E-state index contributed by atoms with van der Waals surface area (Å²) in [5, 5.41) is 1.05. The molecule has 0 N–H and O–H groups in total. The molecule has 1 atom stereocenters. The molecule has 1 aliphatic heterocycles. The van der Waals surface area contributed by atoms with Crippen molar-refractivity contribution in [1.82, 2.24) is 9.47 Å². The highest BCUT2D eigenvalue weighted by Gasteiger charge is 2.20. The van der Waals surface area contributed by atoms with Gasteiger partial charge in [-0.1, -0.05) is 25.1 Å². The summed E-state index contributed by atoms with van der Waals surface area (Å²) in [7, 11) is 0. The van der Waals surface area contributed by atoms with Gasteiger partial charge >= 0.3 is 0 Å². The number of carbonyl (C=O) groups excluding carboxylic acids is 1. The van der Waals surface area contributed by atoms with Crippen molar-refractivity contribution in [3.63, 3.8) is 0 Å². The Balaban J connectivity index is 1.80. The molecular weight excluding hydrogens is 288 g/mol. The van der Waals surface area contributed by atoms with Crippen LogP contribution in [0.4, 0.5) is 0 Å². The summed E-state index contributed by atoms with van der Waals surface area (Å²) < 4.78 is 1.75. The van der Waals surface area contributed by atoms with E-state index in [1.165, 1.54) is 6.42 Å². The number of piperidine rings is 1. The second kappa shape index (κ2) is 6.57. The summed E-state index contributed by atoms with van der Waals surface area (Å²) in [6.45, 7) is 6.18. The summed E-state index contributed by atoms with van der Waals surface area (Å²) >= 11 is 0. The summed E-state index contributed by atoms with van der Waals surface area (Å²) in [6, 6.07) is 9.77. The van der Waals surface area contributed by atoms with Crippen LogP contribution in [-0.4, -0.2) is 28.5 Å². The average Bonchev–Trinajstić information content (AvgIpc) is 2.55. The van der Waals surface area contributed by atoms with E-state index < -0.39 is 0 Å². The number of para-hydroxylation sites is 1. The molecule has 1 aliphatic rings. The number of benzene rings is 1. The first-order valence-electron chi connectivity index (χ1n) is 8.43. The maximum Gasteiger partial charge on any atom is 0.253 e. The minimum atomic E-state index is 0.00325. The predicted octanol–water partition coefficient (Wildman–Crippen LogP) is 2.96. The van der Waals surface area contributed by atoms with Crippen molar-refractivity contribution in [2.75, 3.05) is 13.1 Å². The minimum absolute atomic E-state index is 0.00325. The van der Waals surface area contributed by atoms with E-state index in [4.69, 9.17) is 0 Å². The van der Waals surface area contributed by atoms with Gasteiger partial charge in [0.15, 0.2) is 0 Å². The normalized spacial score (nSPS) is 18.3. The fraction of sp³-hybridized carbons (Fsp3) is 0.474. The molecule has 0 saturated carbocycles. The van der Waals surface area contributed by atoms with Crippen LogP contribution in [0.2, 0.25) is 0 Å². The number of nitrogens with zero attached hydrogens (tertiary/aromatic N) is 2. The van der Waals surface area contributed by atoms with Crippen LogP contribution in [0.15, 0.2) is 35.1 Å². The largest absolute Gasteiger partial charge is 0.342 e. The molecule has 2 aromatic rings. The third-order valence-electron chi connectivity index (χ3n) is 4.74. The Bertz CT molecular complexity index is 779. The van der Waals surface area contributed by atoms with Crippen LogP contribution in [0.25, 0.3) is 10.9 Å². The molecule has 3 rings (SSSR count). The summed E-state index contributed by atoms with van der Waals surface area (Å²) in [5.74, 6) is 0.740. The van der Waals surface area contributed by atoms with E-state index in [0.717, 1.165) is 36.0 Å². The summed E-state index contributed by atoms with van der Waals surface area (Å²) in [6.07, 6.45) is 2.67. The fourth-order valence-corrected chi connectivity index (χ4v) is 3.48. The van der Waals surface area contributed by atoms with E-state index in [-0.39, 0.29) is 11.5 Å². The molecule has 0 bridgehead atoms. The van der Waals surface area contributed by atoms with Crippen molar-refractivity contribution in [3.05, 3.63) is 46.2 Å². The van der Waals surface area contributed by atoms with Gasteiger partial charge in [-0.05, 0) is 43.2 Å². The Morgan fingerprint density at radius 1 is 1.30 bits per heavy atom. The van der Waals surface area contributed by atoms with Gasteiger partial charge < -0.3 is 9.47 Å². The lowest BCUT2D eigenvalue weighted by Crippen LogP contribution is -2.39. The number of aromatic nitrogens is 1. The van der Waals surface area contributed by atoms with Gasteiger partial charge in [-0.3, -0.25) is 9.59 Å². The quantitative estimate of drug-likeness (QED) is 0.874. The van der Waals surface area contributed by atoms with Crippen LogP contribution >= 0.6 is 0 Å². The van der Waals surface area contributed by atoms with Gasteiger partial charge in [-0.15, -0.1) is 0 Å². The smallest absolute Gasteiger partial charge is 0.253 e. The van der Waals surface area contributed by atoms with Crippen LogP contribution in [-0.2, 0) is 11.3 Å². The molecule has 0 radical (unpaired) electrons. The van der Waals surface area contributed by atoms with E-state index in [1.54, 1.807) is 4.57 Å². The highest BCUT2D eigenvalue weighted by molar-refractivity contribution is 5.80. The van der Waals surface area contributed by atoms with Gasteiger partial charge in [0.1, 0.15) is 0 Å². The molecule has 0 aliphatic carbocycles. The van der Waals surface area contributed by atoms with Crippen molar-refractivity contribution >= 4 is 16.8 Å². The summed E-state index contributed by atoms with van der Waals surface area (Å²) in [5.41, 5.74) is 1.63. The van der Waals surface area contributed by atoms with Gasteiger partial charge in [0.25, 0.3) is 5.56 Å². The third-order valence-corrected chi connectivity index (χ3v) is 4.74. The molecular formula is C19H24N2O2. The number of likely N-dealkylation sites (tertiary alicyclic amines) is 1. The van der Waals surface area contributed by atoms with Crippen molar-refractivity contribution in [2.45, 2.75) is 39.7 Å². The standard InChI is InChI=1S/C19H24N2O2/c1-14-6-5-10-20(13-14)18(22)9-11-21-17-8-4-3-7-16(17)12-15(2)19(21)23/h3-4,7-8,12,14H,5-6,9-11,13H2,1-2H3. The molecule has 1 unspecified atom stereocenters. The number of amides is 1. The second-order valence-corrected chi connectivity index (χ2v) is 6.68. The Labute approximate surface area is 136 Å². The zero-order valence-corrected chi connectivity index (χ0v) is 13.9. The molecule has 1 aromatic carbocycles. The molecule has 4 nitrogen and oxygen atoms in total. The summed E-state index contributed by atoms with van der Waals surface area (Å²) in [4.78, 5) is 26.9. The number of carbonyl (C=O) groups is 1. The van der Waals surface area contributed by atoms with Gasteiger partial charge in [0.2, 0.25) is 5.91 Å². The van der Waals surface area contributed by atoms with Crippen molar-refractivity contribution < 1.29 is 4.79 Å². The van der Waals surface area contributed by atoms with Crippen molar-refractivity contribution in [1.29, 1.82) is 0 Å².